The van der Waals surface area contributed by atoms with E-state index in [1.165, 1.54) is 12.1 Å². The van der Waals surface area contributed by atoms with Gasteiger partial charge in [-0.2, -0.15) is 5.10 Å². The molecule has 6 heteroatoms. The Morgan fingerprint density at radius 2 is 2.15 bits per heavy atom. The van der Waals surface area contributed by atoms with E-state index in [1.54, 1.807) is 6.20 Å². The molecular formula is C14H14BrF2N3. The van der Waals surface area contributed by atoms with Crippen molar-refractivity contribution in [2.75, 3.05) is 0 Å². The predicted molar refractivity (Wildman–Crippen MR) is 75.0 cm³/mol. The lowest BCUT2D eigenvalue weighted by Gasteiger charge is -2.19. The number of rotatable bonds is 5. The summed E-state index contributed by atoms with van der Waals surface area (Å²) >= 11 is 3.00. The largest absolute Gasteiger partial charge is 0.304 e. The van der Waals surface area contributed by atoms with Crippen LogP contribution in [0.5, 0.6) is 0 Å². The van der Waals surface area contributed by atoms with Crippen LogP contribution in [0.25, 0.3) is 0 Å². The van der Waals surface area contributed by atoms with Gasteiger partial charge in [-0.25, -0.2) is 8.78 Å². The van der Waals surface area contributed by atoms with Gasteiger partial charge in [-0.15, -0.1) is 0 Å². The van der Waals surface area contributed by atoms with E-state index in [1.807, 2.05) is 6.07 Å². The van der Waals surface area contributed by atoms with Crippen LogP contribution in [0.15, 0.2) is 28.9 Å². The Bertz CT molecular complexity index is 597. The molecule has 1 heterocycles. The van der Waals surface area contributed by atoms with Gasteiger partial charge in [0.1, 0.15) is 11.6 Å². The molecule has 1 fully saturated rings. The van der Waals surface area contributed by atoms with Crippen molar-refractivity contribution < 1.29 is 8.78 Å². The molecule has 3 rings (SSSR count). The van der Waals surface area contributed by atoms with Crippen LogP contribution in [-0.4, -0.2) is 10.2 Å². The third-order valence-electron chi connectivity index (χ3n) is 3.54. The van der Waals surface area contributed by atoms with E-state index in [0.29, 0.717) is 18.0 Å². The summed E-state index contributed by atoms with van der Waals surface area (Å²) in [5.74, 6) is -0.448. The Morgan fingerprint density at radius 1 is 1.35 bits per heavy atom. The molecule has 0 bridgehead atoms. The summed E-state index contributed by atoms with van der Waals surface area (Å²) < 4.78 is 27.9. The average molecular weight is 342 g/mol. The second kappa shape index (κ2) is 5.61. The zero-order valence-electron chi connectivity index (χ0n) is 10.7. The van der Waals surface area contributed by atoms with Crippen LogP contribution in [0.1, 0.15) is 30.1 Å². The van der Waals surface area contributed by atoms with Crippen molar-refractivity contribution in [3.63, 3.8) is 0 Å². The van der Waals surface area contributed by atoms with Gasteiger partial charge >= 0.3 is 0 Å². The molecule has 1 aromatic carbocycles. The van der Waals surface area contributed by atoms with Crippen molar-refractivity contribution in [2.24, 2.45) is 5.92 Å². The van der Waals surface area contributed by atoms with Crippen LogP contribution in [0.2, 0.25) is 0 Å². The molecule has 20 heavy (non-hydrogen) atoms. The number of aromatic nitrogens is 2. The standard InChI is InChI=1S/C14H14BrF2N3/c15-11-6-12(16)10(5-13(11)17)14(8-1-2-8)18-7-9-3-4-19-20-9/h3-6,8,14,18H,1-2,7H2,(H,19,20). The van der Waals surface area contributed by atoms with Crippen LogP contribution < -0.4 is 5.32 Å². The first-order chi connectivity index (χ1) is 9.65. The minimum Gasteiger partial charge on any atom is -0.304 e. The molecule has 1 atom stereocenters. The van der Waals surface area contributed by atoms with Gasteiger partial charge in [0.25, 0.3) is 0 Å². The third-order valence-corrected chi connectivity index (χ3v) is 4.15. The fraction of sp³-hybridized carbons (Fsp3) is 0.357. The molecule has 0 radical (unpaired) electrons. The first kappa shape index (κ1) is 13.7. The minimum atomic E-state index is -0.435. The predicted octanol–water partition coefficient (Wildman–Crippen LogP) is 3.69. The maximum atomic E-state index is 14.1. The monoisotopic (exact) mass is 341 g/mol. The quantitative estimate of drug-likeness (QED) is 0.814. The maximum Gasteiger partial charge on any atom is 0.137 e. The number of nitrogens with one attached hydrogen (secondary N) is 2. The van der Waals surface area contributed by atoms with Gasteiger partial charge < -0.3 is 5.32 Å². The van der Waals surface area contributed by atoms with Crippen molar-refractivity contribution in [1.29, 1.82) is 0 Å². The van der Waals surface area contributed by atoms with E-state index < -0.39 is 5.82 Å². The first-order valence-corrected chi connectivity index (χ1v) is 7.30. The molecule has 1 saturated carbocycles. The maximum absolute atomic E-state index is 14.1. The lowest BCUT2D eigenvalue weighted by Crippen LogP contribution is -2.24. The molecule has 0 saturated heterocycles. The Hall–Kier alpha value is -1.27. The molecule has 2 aromatic rings. The normalized spacial score (nSPS) is 16.4. The lowest BCUT2D eigenvalue weighted by molar-refractivity contribution is 0.448. The van der Waals surface area contributed by atoms with Crippen molar-refractivity contribution in [2.45, 2.75) is 25.4 Å². The Balaban J connectivity index is 1.81. The summed E-state index contributed by atoms with van der Waals surface area (Å²) in [6.07, 6.45) is 3.75. The first-order valence-electron chi connectivity index (χ1n) is 6.51. The number of nitrogens with zero attached hydrogens (tertiary/aromatic N) is 1. The van der Waals surface area contributed by atoms with Crippen LogP contribution in [-0.2, 0) is 6.54 Å². The summed E-state index contributed by atoms with van der Waals surface area (Å²) in [6.45, 7) is 0.554. The molecule has 1 aliphatic rings. The molecule has 106 valence electrons. The number of hydrogen-bond acceptors (Lipinski definition) is 2. The molecule has 2 N–H and O–H groups in total. The van der Waals surface area contributed by atoms with Crippen molar-refractivity contribution >= 4 is 15.9 Å². The smallest absolute Gasteiger partial charge is 0.137 e. The molecule has 0 aliphatic heterocycles. The highest BCUT2D eigenvalue weighted by molar-refractivity contribution is 9.10. The average Bonchev–Trinajstić information content (AvgIpc) is 3.11. The van der Waals surface area contributed by atoms with E-state index in [2.05, 4.69) is 31.4 Å². The highest BCUT2D eigenvalue weighted by Gasteiger charge is 2.34. The van der Waals surface area contributed by atoms with E-state index in [-0.39, 0.29) is 16.3 Å². The zero-order chi connectivity index (χ0) is 14.1. The fourth-order valence-electron chi connectivity index (χ4n) is 2.34. The molecule has 1 aromatic heterocycles. The van der Waals surface area contributed by atoms with E-state index >= 15 is 0 Å². The second-order valence-corrected chi connectivity index (χ2v) is 5.92. The molecular weight excluding hydrogens is 328 g/mol. The van der Waals surface area contributed by atoms with Crippen LogP contribution in [0.3, 0.4) is 0 Å². The van der Waals surface area contributed by atoms with E-state index in [0.717, 1.165) is 18.5 Å². The van der Waals surface area contributed by atoms with Gasteiger partial charge in [0.2, 0.25) is 0 Å². The third kappa shape index (κ3) is 2.91. The molecule has 1 unspecified atom stereocenters. The summed E-state index contributed by atoms with van der Waals surface area (Å²) in [4.78, 5) is 0. The topological polar surface area (TPSA) is 40.7 Å². The van der Waals surface area contributed by atoms with Crippen molar-refractivity contribution in [1.82, 2.24) is 15.5 Å². The fourth-order valence-corrected chi connectivity index (χ4v) is 2.65. The Labute approximate surface area is 123 Å². The summed E-state index contributed by atoms with van der Waals surface area (Å²) in [5.41, 5.74) is 1.32. The SMILES string of the molecule is Fc1cc(C(NCc2ccn[nH]2)C2CC2)c(F)cc1Br. The molecule has 0 spiro atoms. The minimum absolute atomic E-state index is 0.155. The molecule has 3 nitrogen and oxygen atoms in total. The number of aromatic amines is 1. The van der Waals surface area contributed by atoms with Gasteiger partial charge in [-0.3, -0.25) is 5.10 Å². The van der Waals surface area contributed by atoms with E-state index in [9.17, 15) is 8.78 Å². The van der Waals surface area contributed by atoms with Crippen molar-refractivity contribution in [3.05, 3.63) is 51.8 Å². The summed E-state index contributed by atoms with van der Waals surface area (Å²) in [6, 6.07) is 4.16. The van der Waals surface area contributed by atoms with Crippen LogP contribution >= 0.6 is 15.9 Å². The number of H-pyrrole nitrogens is 1. The Kier molecular flexibility index (Phi) is 3.85. The van der Waals surface area contributed by atoms with Crippen molar-refractivity contribution in [3.8, 4) is 0 Å². The highest BCUT2D eigenvalue weighted by Crippen LogP contribution is 2.42. The zero-order valence-corrected chi connectivity index (χ0v) is 12.3. The Morgan fingerprint density at radius 3 is 2.80 bits per heavy atom. The second-order valence-electron chi connectivity index (χ2n) is 5.07. The summed E-state index contributed by atoms with van der Waals surface area (Å²) in [5, 5.41) is 10.0. The number of benzene rings is 1. The van der Waals surface area contributed by atoms with Gasteiger partial charge in [0.05, 0.1) is 4.47 Å². The van der Waals surface area contributed by atoms with Crippen LogP contribution in [0.4, 0.5) is 8.78 Å². The van der Waals surface area contributed by atoms with Gasteiger partial charge in [-0.05, 0) is 52.9 Å². The number of halogens is 3. The lowest BCUT2D eigenvalue weighted by atomic mass is 10.0. The van der Waals surface area contributed by atoms with Crippen LogP contribution in [0, 0.1) is 17.6 Å². The van der Waals surface area contributed by atoms with E-state index in [4.69, 9.17) is 0 Å². The summed E-state index contributed by atoms with van der Waals surface area (Å²) in [7, 11) is 0. The van der Waals surface area contributed by atoms with Gasteiger partial charge in [0, 0.05) is 30.0 Å². The highest BCUT2D eigenvalue weighted by atomic mass is 79.9. The molecule has 0 amide bonds. The number of hydrogen-bond donors (Lipinski definition) is 2. The molecule has 1 aliphatic carbocycles. The van der Waals surface area contributed by atoms with Gasteiger partial charge in [0.15, 0.2) is 0 Å². The van der Waals surface area contributed by atoms with Gasteiger partial charge in [-0.1, -0.05) is 0 Å².